The van der Waals surface area contributed by atoms with Crippen molar-refractivity contribution in [2.45, 2.75) is 137 Å². The minimum Gasteiger partial charge on any atom is -0.508 e. The van der Waals surface area contributed by atoms with Crippen LogP contribution in [0.4, 0.5) is 0 Å². The van der Waals surface area contributed by atoms with E-state index in [1.54, 1.807) is 12.1 Å². The SMILES string of the molecule is CCCCCN(CCCCC)CCCCOC(CCCN(CCCCC)CCCCC)Oc1ccc(O)cc1. The van der Waals surface area contributed by atoms with Gasteiger partial charge in [-0.05, 0) is 108 Å². The first-order chi connectivity index (χ1) is 19.1. The first-order valence-electron chi connectivity index (χ1n) is 16.6. The van der Waals surface area contributed by atoms with E-state index in [2.05, 4.69) is 37.5 Å². The average molecular weight is 549 g/mol. The lowest BCUT2D eigenvalue weighted by Gasteiger charge is -2.25. The lowest BCUT2D eigenvalue weighted by atomic mass is 10.2. The van der Waals surface area contributed by atoms with Crippen molar-refractivity contribution in [3.8, 4) is 11.5 Å². The van der Waals surface area contributed by atoms with Gasteiger partial charge in [-0.15, -0.1) is 0 Å². The number of ether oxygens (including phenoxy) is 2. The van der Waals surface area contributed by atoms with Crippen molar-refractivity contribution in [1.29, 1.82) is 0 Å². The van der Waals surface area contributed by atoms with Crippen molar-refractivity contribution in [2.24, 2.45) is 0 Å². The van der Waals surface area contributed by atoms with Gasteiger partial charge in [-0.25, -0.2) is 0 Å². The molecule has 39 heavy (non-hydrogen) atoms. The molecule has 228 valence electrons. The van der Waals surface area contributed by atoms with E-state index in [4.69, 9.17) is 9.47 Å². The highest BCUT2D eigenvalue weighted by Crippen LogP contribution is 2.20. The molecule has 1 N–H and O–H groups in total. The van der Waals surface area contributed by atoms with Crippen molar-refractivity contribution in [3.05, 3.63) is 24.3 Å². The second-order valence-electron chi connectivity index (χ2n) is 11.3. The summed E-state index contributed by atoms with van der Waals surface area (Å²) in [5.74, 6) is 1.02. The molecule has 0 bridgehead atoms. The Balaban J connectivity index is 2.54. The van der Waals surface area contributed by atoms with E-state index in [1.807, 2.05) is 12.1 Å². The minimum absolute atomic E-state index is 0.243. The summed E-state index contributed by atoms with van der Waals surface area (Å²) in [4.78, 5) is 5.32. The van der Waals surface area contributed by atoms with Gasteiger partial charge in [0.05, 0.1) is 6.61 Å². The Bertz CT molecular complexity index is 620. The summed E-state index contributed by atoms with van der Waals surface area (Å²) in [6.07, 6.45) is 19.6. The second-order valence-corrected chi connectivity index (χ2v) is 11.3. The van der Waals surface area contributed by atoms with Gasteiger partial charge < -0.3 is 24.4 Å². The molecular formula is C34H64N2O3. The third-order valence-electron chi connectivity index (χ3n) is 7.50. The number of phenols is 1. The van der Waals surface area contributed by atoms with Crippen LogP contribution in [0.15, 0.2) is 24.3 Å². The first-order valence-corrected chi connectivity index (χ1v) is 16.6. The topological polar surface area (TPSA) is 45.2 Å². The van der Waals surface area contributed by atoms with Gasteiger partial charge in [-0.2, -0.15) is 0 Å². The van der Waals surface area contributed by atoms with Crippen molar-refractivity contribution in [2.75, 3.05) is 45.9 Å². The quantitative estimate of drug-likeness (QED) is 0.0836. The zero-order valence-electron chi connectivity index (χ0n) is 26.3. The predicted molar refractivity (Wildman–Crippen MR) is 168 cm³/mol. The number of hydrogen-bond acceptors (Lipinski definition) is 5. The second kappa shape index (κ2) is 25.7. The molecule has 0 saturated carbocycles. The number of hydrogen-bond donors (Lipinski definition) is 1. The maximum Gasteiger partial charge on any atom is 0.199 e. The van der Waals surface area contributed by atoms with Gasteiger partial charge in [0.25, 0.3) is 0 Å². The fourth-order valence-electron chi connectivity index (χ4n) is 5.00. The van der Waals surface area contributed by atoms with Gasteiger partial charge in [-0.3, -0.25) is 0 Å². The number of phenolic OH excluding ortho intramolecular Hbond substituents is 1. The zero-order valence-corrected chi connectivity index (χ0v) is 26.3. The van der Waals surface area contributed by atoms with E-state index in [1.165, 1.54) is 116 Å². The average Bonchev–Trinajstić information content (AvgIpc) is 2.93. The molecule has 0 aromatic heterocycles. The lowest BCUT2D eigenvalue weighted by molar-refractivity contribution is -0.0873. The van der Waals surface area contributed by atoms with Crippen LogP contribution in [0.25, 0.3) is 0 Å². The molecule has 0 aliphatic rings. The van der Waals surface area contributed by atoms with Crippen molar-refractivity contribution < 1.29 is 14.6 Å². The van der Waals surface area contributed by atoms with Crippen LogP contribution in [0.5, 0.6) is 11.5 Å². The minimum atomic E-state index is -0.243. The molecule has 1 rings (SSSR count). The van der Waals surface area contributed by atoms with Gasteiger partial charge in [0.1, 0.15) is 11.5 Å². The third-order valence-corrected chi connectivity index (χ3v) is 7.50. The van der Waals surface area contributed by atoms with Gasteiger partial charge in [0.15, 0.2) is 6.29 Å². The molecule has 0 saturated heterocycles. The monoisotopic (exact) mass is 548 g/mol. The lowest BCUT2D eigenvalue weighted by Crippen LogP contribution is -2.29. The smallest absolute Gasteiger partial charge is 0.199 e. The van der Waals surface area contributed by atoms with Crippen LogP contribution in [-0.2, 0) is 4.74 Å². The normalized spacial score (nSPS) is 12.5. The highest BCUT2D eigenvalue weighted by atomic mass is 16.7. The van der Waals surface area contributed by atoms with E-state index < -0.39 is 0 Å². The summed E-state index contributed by atoms with van der Waals surface area (Å²) in [5.41, 5.74) is 0. The molecule has 0 fully saturated rings. The first kappa shape index (κ1) is 35.7. The summed E-state index contributed by atoms with van der Waals surface area (Å²) >= 11 is 0. The Kier molecular flexibility index (Phi) is 23.5. The summed E-state index contributed by atoms with van der Waals surface area (Å²) in [7, 11) is 0. The van der Waals surface area contributed by atoms with E-state index in [0.29, 0.717) is 0 Å². The summed E-state index contributed by atoms with van der Waals surface area (Å²) in [6.45, 7) is 17.0. The van der Waals surface area contributed by atoms with E-state index in [9.17, 15) is 5.11 Å². The largest absolute Gasteiger partial charge is 0.508 e. The highest BCUT2D eigenvalue weighted by molar-refractivity contribution is 5.30. The standard InChI is InChI=1S/C34H64N2O3/c1-5-9-13-25-35(26-14-10-6-2)29-17-18-31-38-34(39-33-23-21-32(37)22-24-33)20-19-30-36(27-15-11-7-3)28-16-12-8-4/h21-24,34,37H,5-20,25-31H2,1-4H3. The zero-order chi connectivity index (χ0) is 28.4. The van der Waals surface area contributed by atoms with E-state index in [0.717, 1.165) is 38.2 Å². The molecule has 0 radical (unpaired) electrons. The Hall–Kier alpha value is -1.30. The van der Waals surface area contributed by atoms with Crippen LogP contribution in [0.1, 0.15) is 130 Å². The van der Waals surface area contributed by atoms with Gasteiger partial charge in [0, 0.05) is 6.42 Å². The molecule has 1 aromatic carbocycles. The van der Waals surface area contributed by atoms with Crippen LogP contribution >= 0.6 is 0 Å². The molecule has 5 heteroatoms. The van der Waals surface area contributed by atoms with Crippen molar-refractivity contribution >= 4 is 0 Å². The van der Waals surface area contributed by atoms with Gasteiger partial charge in [-0.1, -0.05) is 79.1 Å². The molecule has 1 atom stereocenters. The van der Waals surface area contributed by atoms with Gasteiger partial charge in [0.2, 0.25) is 0 Å². The molecular weight excluding hydrogens is 484 g/mol. The maximum atomic E-state index is 9.66. The molecule has 1 aromatic rings. The number of aromatic hydroxyl groups is 1. The third kappa shape index (κ3) is 20.3. The number of nitrogens with zero attached hydrogens (tertiary/aromatic N) is 2. The van der Waals surface area contributed by atoms with E-state index in [-0.39, 0.29) is 12.0 Å². The number of rotatable bonds is 28. The Morgan fingerprint density at radius 2 is 0.974 bits per heavy atom. The predicted octanol–water partition coefficient (Wildman–Crippen LogP) is 9.04. The maximum absolute atomic E-state index is 9.66. The van der Waals surface area contributed by atoms with Crippen LogP contribution in [-0.4, -0.2) is 67.1 Å². The van der Waals surface area contributed by atoms with Crippen molar-refractivity contribution in [3.63, 3.8) is 0 Å². The van der Waals surface area contributed by atoms with Crippen molar-refractivity contribution in [1.82, 2.24) is 9.80 Å². The Morgan fingerprint density at radius 3 is 1.41 bits per heavy atom. The summed E-state index contributed by atoms with van der Waals surface area (Å²) < 4.78 is 12.6. The number of benzene rings is 1. The summed E-state index contributed by atoms with van der Waals surface area (Å²) in [5, 5.41) is 9.66. The summed E-state index contributed by atoms with van der Waals surface area (Å²) in [6, 6.07) is 7.03. The van der Waals surface area contributed by atoms with Crippen LogP contribution < -0.4 is 4.74 Å². The Labute approximate surface area is 242 Å². The molecule has 0 spiro atoms. The molecule has 0 aliphatic heterocycles. The highest BCUT2D eigenvalue weighted by Gasteiger charge is 2.14. The molecule has 0 amide bonds. The van der Waals surface area contributed by atoms with Gasteiger partial charge >= 0.3 is 0 Å². The molecule has 0 heterocycles. The van der Waals surface area contributed by atoms with Crippen LogP contribution in [0, 0.1) is 0 Å². The number of unbranched alkanes of at least 4 members (excludes halogenated alkanes) is 9. The molecule has 5 nitrogen and oxygen atoms in total. The molecule has 1 unspecified atom stereocenters. The molecule has 0 aliphatic carbocycles. The van der Waals surface area contributed by atoms with Crippen LogP contribution in [0.2, 0.25) is 0 Å². The fraction of sp³-hybridized carbons (Fsp3) is 0.824. The Morgan fingerprint density at radius 1 is 0.564 bits per heavy atom. The van der Waals surface area contributed by atoms with Crippen LogP contribution in [0.3, 0.4) is 0 Å². The van der Waals surface area contributed by atoms with E-state index >= 15 is 0 Å². The fourth-order valence-corrected chi connectivity index (χ4v) is 5.00.